The van der Waals surface area contributed by atoms with Gasteiger partial charge in [0.2, 0.25) is 5.91 Å². The summed E-state index contributed by atoms with van der Waals surface area (Å²) in [7, 11) is 0. The number of carbonyl (C=O) groups is 3. The third kappa shape index (κ3) is 6.40. The van der Waals surface area contributed by atoms with Gasteiger partial charge in [0.1, 0.15) is 11.9 Å². The van der Waals surface area contributed by atoms with Gasteiger partial charge in [-0.3, -0.25) is 14.4 Å². The van der Waals surface area contributed by atoms with Crippen LogP contribution in [0.4, 0.5) is 4.39 Å². The lowest BCUT2D eigenvalue weighted by atomic mass is 9.87. The second-order valence-electron chi connectivity index (χ2n) is 9.00. The predicted octanol–water partition coefficient (Wildman–Crippen LogP) is 3.64. The van der Waals surface area contributed by atoms with Crippen LogP contribution in [0.1, 0.15) is 54.3 Å². The van der Waals surface area contributed by atoms with Gasteiger partial charge in [-0.05, 0) is 61.9 Å². The first-order valence-corrected chi connectivity index (χ1v) is 11.5. The van der Waals surface area contributed by atoms with Crippen LogP contribution in [0.5, 0.6) is 0 Å². The molecule has 6 nitrogen and oxygen atoms in total. The molecule has 2 aromatic carbocycles. The number of hydrogen-bond donors (Lipinski definition) is 2. The summed E-state index contributed by atoms with van der Waals surface area (Å²) >= 11 is 0. The number of halogens is 1. The quantitative estimate of drug-likeness (QED) is 0.672. The number of benzene rings is 2. The number of carbonyl (C=O) groups excluding carboxylic acids is 3. The Kier molecular flexibility index (Phi) is 8.20. The highest BCUT2D eigenvalue weighted by molar-refractivity contribution is 5.97. The van der Waals surface area contributed by atoms with Crippen LogP contribution in [-0.4, -0.2) is 47.8 Å². The van der Waals surface area contributed by atoms with Crippen LogP contribution in [0.15, 0.2) is 54.6 Å². The van der Waals surface area contributed by atoms with E-state index in [0.29, 0.717) is 37.1 Å². The van der Waals surface area contributed by atoms with Crippen molar-refractivity contribution in [1.29, 1.82) is 0 Å². The molecular formula is C26H32FN3O3. The van der Waals surface area contributed by atoms with Crippen LogP contribution in [0.3, 0.4) is 0 Å². The normalized spacial score (nSPS) is 16.2. The van der Waals surface area contributed by atoms with E-state index in [9.17, 15) is 18.8 Å². The molecule has 1 heterocycles. The molecule has 0 bridgehead atoms. The number of amides is 3. The van der Waals surface area contributed by atoms with E-state index >= 15 is 0 Å². The molecule has 176 valence electrons. The minimum Gasteiger partial charge on any atom is -0.352 e. The van der Waals surface area contributed by atoms with Gasteiger partial charge in [-0.2, -0.15) is 0 Å². The predicted molar refractivity (Wildman–Crippen MR) is 125 cm³/mol. The van der Waals surface area contributed by atoms with Crippen LogP contribution in [0.2, 0.25) is 0 Å². The van der Waals surface area contributed by atoms with E-state index in [4.69, 9.17) is 0 Å². The Balaban J connectivity index is 1.70. The van der Waals surface area contributed by atoms with Gasteiger partial charge < -0.3 is 15.5 Å². The average Bonchev–Trinajstić information content (AvgIpc) is 2.82. The minimum atomic E-state index is -0.703. The molecule has 1 aliphatic heterocycles. The Hall–Kier alpha value is -3.22. The third-order valence-electron chi connectivity index (χ3n) is 6.34. The molecule has 0 unspecified atom stereocenters. The summed E-state index contributed by atoms with van der Waals surface area (Å²) in [5, 5.41) is 5.95. The summed E-state index contributed by atoms with van der Waals surface area (Å²) in [6.07, 6.45) is 1.12. The Bertz CT molecular complexity index is 972. The lowest BCUT2D eigenvalue weighted by Gasteiger charge is -2.36. The highest BCUT2D eigenvalue weighted by Gasteiger charge is 2.35. The van der Waals surface area contributed by atoms with Crippen molar-refractivity contribution in [3.05, 3.63) is 71.5 Å². The van der Waals surface area contributed by atoms with Crippen LogP contribution in [-0.2, 0) is 4.79 Å². The van der Waals surface area contributed by atoms with Crippen LogP contribution in [0.25, 0.3) is 0 Å². The zero-order valence-electron chi connectivity index (χ0n) is 19.4. The molecule has 2 aromatic rings. The van der Waals surface area contributed by atoms with Gasteiger partial charge in [0.15, 0.2) is 0 Å². The van der Waals surface area contributed by atoms with E-state index in [1.54, 1.807) is 35.2 Å². The Morgan fingerprint density at radius 3 is 2.15 bits per heavy atom. The van der Waals surface area contributed by atoms with E-state index in [1.807, 2.05) is 26.8 Å². The largest absolute Gasteiger partial charge is 0.352 e. The Morgan fingerprint density at radius 2 is 1.55 bits per heavy atom. The number of rotatable bonds is 7. The zero-order chi connectivity index (χ0) is 24.0. The summed E-state index contributed by atoms with van der Waals surface area (Å²) < 4.78 is 13.5. The smallest absolute Gasteiger partial charge is 0.253 e. The number of nitrogens with one attached hydrogen (secondary N) is 2. The first-order valence-electron chi connectivity index (χ1n) is 11.5. The topological polar surface area (TPSA) is 78.5 Å². The van der Waals surface area contributed by atoms with Crippen molar-refractivity contribution in [3.8, 4) is 0 Å². The molecule has 0 saturated carbocycles. The lowest BCUT2D eigenvalue weighted by Crippen LogP contribution is -2.55. The highest BCUT2D eigenvalue weighted by atomic mass is 19.1. The fourth-order valence-corrected chi connectivity index (χ4v) is 3.93. The molecule has 2 N–H and O–H groups in total. The first kappa shape index (κ1) is 24.4. The van der Waals surface area contributed by atoms with E-state index < -0.39 is 11.9 Å². The van der Waals surface area contributed by atoms with Crippen molar-refractivity contribution in [2.75, 3.05) is 13.1 Å². The Labute approximate surface area is 194 Å². The minimum absolute atomic E-state index is 0.0386. The van der Waals surface area contributed by atoms with E-state index in [1.165, 1.54) is 18.2 Å². The number of hydrogen-bond acceptors (Lipinski definition) is 3. The van der Waals surface area contributed by atoms with Crippen molar-refractivity contribution in [2.24, 2.45) is 11.8 Å². The molecule has 0 aliphatic carbocycles. The lowest BCUT2D eigenvalue weighted by molar-refractivity contribution is -0.125. The molecule has 1 saturated heterocycles. The van der Waals surface area contributed by atoms with E-state index in [-0.39, 0.29) is 35.6 Å². The Morgan fingerprint density at radius 1 is 0.909 bits per heavy atom. The van der Waals surface area contributed by atoms with Crippen molar-refractivity contribution in [2.45, 2.75) is 45.7 Å². The summed E-state index contributed by atoms with van der Waals surface area (Å²) in [5.74, 6) is -1.05. The molecule has 0 aromatic heterocycles. The maximum Gasteiger partial charge on any atom is 0.253 e. The average molecular weight is 454 g/mol. The number of piperidine rings is 1. The van der Waals surface area contributed by atoms with Crippen molar-refractivity contribution in [1.82, 2.24) is 15.5 Å². The summed E-state index contributed by atoms with van der Waals surface area (Å²) in [6.45, 7) is 6.87. The molecule has 1 aliphatic rings. The second-order valence-corrected chi connectivity index (χ2v) is 9.00. The van der Waals surface area contributed by atoms with E-state index in [2.05, 4.69) is 10.6 Å². The van der Waals surface area contributed by atoms with Gasteiger partial charge in [0.05, 0.1) is 0 Å². The summed E-state index contributed by atoms with van der Waals surface area (Å²) in [5.41, 5.74) is 0.803. The molecule has 7 heteroatoms. The molecule has 0 radical (unpaired) electrons. The fraction of sp³-hybridized carbons (Fsp3) is 0.423. The molecule has 1 fully saturated rings. The van der Waals surface area contributed by atoms with Crippen molar-refractivity contribution in [3.63, 3.8) is 0 Å². The molecule has 3 amide bonds. The van der Waals surface area contributed by atoms with Gasteiger partial charge >= 0.3 is 0 Å². The maximum atomic E-state index is 13.5. The monoisotopic (exact) mass is 453 g/mol. The standard InChI is InChI=1S/C26H32FN3O3/c1-17(2)18(3)28-25(32)23(29-24(31)20-8-5-4-6-9-20)19-12-14-30(15-13-19)26(33)21-10-7-11-22(27)16-21/h4-11,16-19,23H,12-15H2,1-3H3,(H,28,32)(H,29,31)/t18-,23+/m1/s1. The molecule has 33 heavy (non-hydrogen) atoms. The molecule has 0 spiro atoms. The summed E-state index contributed by atoms with van der Waals surface area (Å²) in [4.78, 5) is 40.4. The maximum absolute atomic E-state index is 13.5. The number of likely N-dealkylation sites (tertiary alicyclic amines) is 1. The number of nitrogens with zero attached hydrogens (tertiary/aromatic N) is 1. The zero-order valence-corrected chi connectivity index (χ0v) is 19.4. The summed E-state index contributed by atoms with van der Waals surface area (Å²) in [6, 6.07) is 13.7. The first-order chi connectivity index (χ1) is 15.8. The van der Waals surface area contributed by atoms with Gasteiger partial charge in [0.25, 0.3) is 11.8 Å². The fourth-order valence-electron chi connectivity index (χ4n) is 3.93. The van der Waals surface area contributed by atoms with Crippen LogP contribution >= 0.6 is 0 Å². The highest BCUT2D eigenvalue weighted by Crippen LogP contribution is 2.23. The SMILES string of the molecule is CC(C)[C@@H](C)NC(=O)[C@@H](NC(=O)c1ccccc1)C1CCN(C(=O)c2cccc(F)c2)CC1. The van der Waals surface area contributed by atoms with Gasteiger partial charge in [-0.1, -0.05) is 38.1 Å². The molecule has 3 rings (SSSR count). The molecule has 2 atom stereocenters. The van der Waals surface area contributed by atoms with Crippen molar-refractivity contribution < 1.29 is 18.8 Å². The van der Waals surface area contributed by atoms with Gasteiger partial charge in [-0.15, -0.1) is 0 Å². The van der Waals surface area contributed by atoms with E-state index in [0.717, 1.165) is 0 Å². The van der Waals surface area contributed by atoms with Crippen molar-refractivity contribution >= 4 is 17.7 Å². The van der Waals surface area contributed by atoms with Gasteiger partial charge in [-0.25, -0.2) is 4.39 Å². The second kappa shape index (κ2) is 11.1. The third-order valence-corrected chi connectivity index (χ3v) is 6.34. The van der Waals surface area contributed by atoms with Crippen LogP contribution < -0.4 is 10.6 Å². The van der Waals surface area contributed by atoms with Gasteiger partial charge in [0, 0.05) is 30.3 Å². The molecular weight excluding hydrogens is 421 g/mol. The van der Waals surface area contributed by atoms with Crippen LogP contribution in [0, 0.1) is 17.7 Å².